The highest BCUT2D eigenvalue weighted by Gasteiger charge is 2.18. The van der Waals surface area contributed by atoms with Crippen molar-refractivity contribution in [3.05, 3.63) is 74.7 Å². The van der Waals surface area contributed by atoms with Gasteiger partial charge in [0.2, 0.25) is 0 Å². The SMILES string of the molecule is COc1ccc2ccccc2c1/C=N/OC(=O)c1c(Cl)cc(Cl)cc1Cl. The molecule has 7 heteroatoms. The summed E-state index contributed by atoms with van der Waals surface area (Å²) < 4.78 is 5.36. The first kappa shape index (κ1) is 18.5. The summed E-state index contributed by atoms with van der Waals surface area (Å²) in [7, 11) is 1.56. The maximum absolute atomic E-state index is 12.2. The van der Waals surface area contributed by atoms with Crippen LogP contribution in [0.1, 0.15) is 15.9 Å². The number of benzene rings is 3. The predicted octanol–water partition coefficient (Wildman–Crippen LogP) is 6.00. The van der Waals surface area contributed by atoms with E-state index in [1.807, 2.05) is 36.4 Å². The number of ether oxygens (including phenoxy) is 1. The van der Waals surface area contributed by atoms with Crippen molar-refractivity contribution in [2.45, 2.75) is 0 Å². The first-order chi connectivity index (χ1) is 12.5. The van der Waals surface area contributed by atoms with Gasteiger partial charge >= 0.3 is 5.97 Å². The molecule has 0 radical (unpaired) electrons. The minimum atomic E-state index is -0.785. The highest BCUT2D eigenvalue weighted by molar-refractivity contribution is 6.41. The van der Waals surface area contributed by atoms with Crippen molar-refractivity contribution in [1.29, 1.82) is 0 Å². The average molecular weight is 409 g/mol. The van der Waals surface area contributed by atoms with Gasteiger partial charge in [-0.25, -0.2) is 4.79 Å². The summed E-state index contributed by atoms with van der Waals surface area (Å²) in [6.45, 7) is 0. The van der Waals surface area contributed by atoms with Crippen LogP contribution in [-0.4, -0.2) is 19.3 Å². The van der Waals surface area contributed by atoms with Crippen molar-refractivity contribution in [1.82, 2.24) is 0 Å². The summed E-state index contributed by atoms with van der Waals surface area (Å²) in [5.74, 6) is -0.182. The van der Waals surface area contributed by atoms with Crippen LogP contribution in [0.3, 0.4) is 0 Å². The number of halogens is 3. The topological polar surface area (TPSA) is 47.9 Å². The Hall–Kier alpha value is -2.27. The van der Waals surface area contributed by atoms with Gasteiger partial charge in [-0.2, -0.15) is 0 Å². The van der Waals surface area contributed by atoms with E-state index >= 15 is 0 Å². The molecule has 3 aromatic carbocycles. The lowest BCUT2D eigenvalue weighted by Gasteiger charge is -2.08. The molecule has 0 unspecified atom stereocenters. The van der Waals surface area contributed by atoms with Gasteiger partial charge in [0.05, 0.1) is 28.9 Å². The Kier molecular flexibility index (Phi) is 5.67. The Morgan fingerprint density at radius 1 is 1.04 bits per heavy atom. The van der Waals surface area contributed by atoms with Gasteiger partial charge in [0.1, 0.15) is 5.75 Å². The van der Waals surface area contributed by atoms with Gasteiger partial charge in [0, 0.05) is 10.6 Å². The third-order valence-corrected chi connectivity index (χ3v) is 4.49. The van der Waals surface area contributed by atoms with Crippen LogP contribution in [0.4, 0.5) is 0 Å². The number of rotatable bonds is 4. The van der Waals surface area contributed by atoms with E-state index in [0.29, 0.717) is 16.3 Å². The average Bonchev–Trinajstić information content (AvgIpc) is 2.61. The van der Waals surface area contributed by atoms with Gasteiger partial charge in [-0.3, -0.25) is 0 Å². The van der Waals surface area contributed by atoms with Gasteiger partial charge in [0.15, 0.2) is 0 Å². The molecular weight excluding hydrogens is 397 g/mol. The maximum Gasteiger partial charge on any atom is 0.368 e. The Balaban J connectivity index is 1.90. The van der Waals surface area contributed by atoms with Gasteiger partial charge in [-0.15, -0.1) is 0 Å². The zero-order valence-electron chi connectivity index (χ0n) is 13.5. The van der Waals surface area contributed by atoms with Gasteiger partial charge in [-0.05, 0) is 29.0 Å². The largest absolute Gasteiger partial charge is 0.496 e. The Morgan fingerprint density at radius 3 is 2.42 bits per heavy atom. The van der Waals surface area contributed by atoms with Crippen molar-refractivity contribution in [3.63, 3.8) is 0 Å². The zero-order valence-corrected chi connectivity index (χ0v) is 15.8. The molecule has 132 valence electrons. The predicted molar refractivity (Wildman–Crippen MR) is 105 cm³/mol. The van der Waals surface area contributed by atoms with Crippen LogP contribution in [0.2, 0.25) is 15.1 Å². The second kappa shape index (κ2) is 7.96. The van der Waals surface area contributed by atoms with Crippen LogP contribution in [-0.2, 0) is 4.84 Å². The summed E-state index contributed by atoms with van der Waals surface area (Å²) >= 11 is 17.9. The number of methoxy groups -OCH3 is 1. The van der Waals surface area contributed by atoms with Crippen LogP contribution in [0.5, 0.6) is 5.75 Å². The monoisotopic (exact) mass is 407 g/mol. The molecule has 0 saturated heterocycles. The molecule has 26 heavy (non-hydrogen) atoms. The molecule has 0 aliphatic heterocycles. The van der Waals surface area contributed by atoms with Crippen molar-refractivity contribution < 1.29 is 14.4 Å². The lowest BCUT2D eigenvalue weighted by molar-refractivity contribution is 0.0519. The van der Waals surface area contributed by atoms with Gasteiger partial charge < -0.3 is 9.57 Å². The molecule has 0 fully saturated rings. The summed E-state index contributed by atoms with van der Waals surface area (Å²) in [6.07, 6.45) is 1.41. The van der Waals surface area contributed by atoms with E-state index in [9.17, 15) is 4.79 Å². The molecule has 0 heterocycles. The standard InChI is InChI=1S/C19H12Cl3NO3/c1-25-17-7-6-11-4-2-3-5-13(11)14(17)10-23-26-19(24)18-15(21)8-12(20)9-16(18)22/h2-10H,1H3/b23-10+. The molecule has 3 rings (SSSR count). The normalized spacial score (nSPS) is 11.1. The molecule has 0 amide bonds. The lowest BCUT2D eigenvalue weighted by Crippen LogP contribution is -2.03. The zero-order chi connectivity index (χ0) is 18.7. The summed E-state index contributed by atoms with van der Waals surface area (Å²) in [6, 6.07) is 14.3. The smallest absolute Gasteiger partial charge is 0.368 e. The first-order valence-electron chi connectivity index (χ1n) is 7.46. The number of oxime groups is 1. The highest BCUT2D eigenvalue weighted by Crippen LogP contribution is 2.30. The van der Waals surface area contributed by atoms with E-state index in [0.717, 1.165) is 10.8 Å². The quantitative estimate of drug-likeness (QED) is 0.302. The maximum atomic E-state index is 12.2. The number of fused-ring (bicyclic) bond motifs is 1. The second-order valence-corrected chi connectivity index (χ2v) is 6.51. The molecule has 0 aliphatic carbocycles. The minimum Gasteiger partial charge on any atom is -0.496 e. The van der Waals surface area contributed by atoms with Crippen LogP contribution in [0.15, 0.2) is 53.7 Å². The molecule has 0 saturated carbocycles. The van der Waals surface area contributed by atoms with Crippen molar-refractivity contribution in [2.75, 3.05) is 7.11 Å². The molecule has 0 bridgehead atoms. The summed E-state index contributed by atoms with van der Waals surface area (Å²) in [5.41, 5.74) is 0.687. The number of hydrogen-bond acceptors (Lipinski definition) is 4. The fraction of sp³-hybridized carbons (Fsp3) is 0.0526. The van der Waals surface area contributed by atoms with Crippen LogP contribution in [0, 0.1) is 0 Å². The highest BCUT2D eigenvalue weighted by atomic mass is 35.5. The number of nitrogens with zero attached hydrogens (tertiary/aromatic N) is 1. The summed E-state index contributed by atoms with van der Waals surface area (Å²) in [5, 5.41) is 6.19. The van der Waals surface area contributed by atoms with Crippen LogP contribution in [0.25, 0.3) is 10.8 Å². The Morgan fingerprint density at radius 2 is 1.73 bits per heavy atom. The van der Waals surface area contributed by atoms with E-state index in [4.69, 9.17) is 44.4 Å². The second-order valence-electron chi connectivity index (χ2n) is 5.26. The first-order valence-corrected chi connectivity index (χ1v) is 8.59. The van der Waals surface area contributed by atoms with Crippen molar-refractivity contribution in [3.8, 4) is 5.75 Å². The number of carbonyl (C=O) groups is 1. The number of hydrogen-bond donors (Lipinski definition) is 0. The molecule has 3 aromatic rings. The third kappa shape index (κ3) is 3.78. The molecule has 0 spiro atoms. The lowest BCUT2D eigenvalue weighted by atomic mass is 10.0. The molecule has 4 nitrogen and oxygen atoms in total. The molecule has 0 N–H and O–H groups in total. The fourth-order valence-electron chi connectivity index (χ4n) is 2.50. The van der Waals surface area contributed by atoms with E-state index in [2.05, 4.69) is 5.16 Å². The van der Waals surface area contributed by atoms with E-state index in [-0.39, 0.29) is 15.6 Å². The van der Waals surface area contributed by atoms with Crippen molar-refractivity contribution >= 4 is 57.8 Å². The Labute approximate surface area is 164 Å². The van der Waals surface area contributed by atoms with E-state index < -0.39 is 5.97 Å². The van der Waals surface area contributed by atoms with Gasteiger partial charge in [-0.1, -0.05) is 70.3 Å². The van der Waals surface area contributed by atoms with Crippen LogP contribution >= 0.6 is 34.8 Å². The fourth-order valence-corrected chi connectivity index (χ4v) is 3.47. The molecule has 0 aliphatic rings. The summed E-state index contributed by atoms with van der Waals surface area (Å²) in [4.78, 5) is 17.2. The van der Waals surface area contributed by atoms with E-state index in [1.165, 1.54) is 18.3 Å². The molecule has 0 aromatic heterocycles. The minimum absolute atomic E-state index is 0.000215. The number of carbonyl (C=O) groups excluding carboxylic acids is 1. The third-order valence-electron chi connectivity index (χ3n) is 3.68. The van der Waals surface area contributed by atoms with Crippen LogP contribution < -0.4 is 4.74 Å². The Bertz CT molecular complexity index is 995. The molecule has 0 atom stereocenters. The van der Waals surface area contributed by atoms with Crippen molar-refractivity contribution in [2.24, 2.45) is 5.16 Å². The molecular formula is C19H12Cl3NO3. The van der Waals surface area contributed by atoms with E-state index in [1.54, 1.807) is 7.11 Å². The van der Waals surface area contributed by atoms with Gasteiger partial charge in [0.25, 0.3) is 0 Å².